The van der Waals surface area contributed by atoms with Gasteiger partial charge in [0.1, 0.15) is 5.84 Å². The molecule has 0 spiro atoms. The molecule has 7 nitrogen and oxygen atoms in total. The molecule has 0 saturated heterocycles. The minimum atomic E-state index is -0.271. The van der Waals surface area contributed by atoms with Crippen LogP contribution in [0, 0.1) is 5.92 Å². The van der Waals surface area contributed by atoms with Gasteiger partial charge in [-0.2, -0.15) is 10.2 Å². The van der Waals surface area contributed by atoms with E-state index in [0.29, 0.717) is 5.56 Å². The van der Waals surface area contributed by atoms with Gasteiger partial charge in [-0.25, -0.2) is 0 Å². The Balaban J connectivity index is 2.48. The first-order chi connectivity index (χ1) is 7.65. The van der Waals surface area contributed by atoms with Gasteiger partial charge in [0.25, 0.3) is 5.91 Å². The van der Waals surface area contributed by atoms with Crippen LogP contribution in [0.5, 0.6) is 0 Å². The fourth-order valence-electron chi connectivity index (χ4n) is 0.976. The highest BCUT2D eigenvalue weighted by Crippen LogP contribution is 1.96. The summed E-state index contributed by atoms with van der Waals surface area (Å²) in [4.78, 5) is 11.5. The van der Waals surface area contributed by atoms with Gasteiger partial charge < -0.3 is 16.3 Å². The van der Waals surface area contributed by atoms with Crippen LogP contribution in [0.4, 0.5) is 0 Å². The molecule has 0 aromatic carbocycles. The van der Waals surface area contributed by atoms with Gasteiger partial charge in [0, 0.05) is 12.5 Å². The van der Waals surface area contributed by atoms with E-state index in [1.54, 1.807) is 13.0 Å². The molecule has 0 aliphatic carbocycles. The number of carbonyl (C=O) groups excluding carboxylic acids is 1. The van der Waals surface area contributed by atoms with Crippen molar-refractivity contribution in [3.05, 3.63) is 24.0 Å². The van der Waals surface area contributed by atoms with E-state index in [-0.39, 0.29) is 24.2 Å². The van der Waals surface area contributed by atoms with Gasteiger partial charge in [-0.1, -0.05) is 12.1 Å². The van der Waals surface area contributed by atoms with Crippen molar-refractivity contribution in [2.45, 2.75) is 6.92 Å². The first-order valence-corrected chi connectivity index (χ1v) is 4.67. The molecular formula is C9H13N5O2. The van der Waals surface area contributed by atoms with Crippen LogP contribution < -0.4 is 11.1 Å². The fraction of sp³-hybridized carbons (Fsp3) is 0.333. The second-order valence-electron chi connectivity index (χ2n) is 3.27. The van der Waals surface area contributed by atoms with Crippen LogP contribution >= 0.6 is 0 Å². The Labute approximate surface area is 92.4 Å². The summed E-state index contributed by atoms with van der Waals surface area (Å²) in [6.45, 7) is 2.02. The third-order valence-electron chi connectivity index (χ3n) is 2.04. The molecule has 0 aliphatic heterocycles. The number of oxime groups is 1. The van der Waals surface area contributed by atoms with E-state index in [9.17, 15) is 4.79 Å². The number of carbonyl (C=O) groups is 1. The number of nitrogens with two attached hydrogens (primary N) is 1. The second-order valence-corrected chi connectivity index (χ2v) is 3.27. The Kier molecular flexibility index (Phi) is 4.19. The molecular weight excluding hydrogens is 210 g/mol. The Morgan fingerprint density at radius 3 is 3.00 bits per heavy atom. The molecule has 1 unspecified atom stereocenters. The zero-order chi connectivity index (χ0) is 12.0. The second kappa shape index (κ2) is 5.64. The van der Waals surface area contributed by atoms with Crippen molar-refractivity contribution in [1.29, 1.82) is 0 Å². The molecule has 0 fully saturated rings. The molecule has 1 atom stereocenters. The molecule has 86 valence electrons. The number of nitrogens with zero attached hydrogens (tertiary/aromatic N) is 3. The summed E-state index contributed by atoms with van der Waals surface area (Å²) in [5, 5.41) is 21.1. The van der Waals surface area contributed by atoms with Gasteiger partial charge in [0.15, 0.2) is 0 Å². The van der Waals surface area contributed by atoms with Crippen LogP contribution in [0.2, 0.25) is 0 Å². The maximum absolute atomic E-state index is 11.5. The molecule has 0 aliphatic rings. The normalized spacial score (nSPS) is 13.2. The van der Waals surface area contributed by atoms with Gasteiger partial charge in [-0.15, -0.1) is 0 Å². The summed E-state index contributed by atoms with van der Waals surface area (Å²) in [7, 11) is 0. The Bertz CT molecular complexity index is 379. The third kappa shape index (κ3) is 3.19. The van der Waals surface area contributed by atoms with Crippen LogP contribution in [-0.4, -0.2) is 33.7 Å². The summed E-state index contributed by atoms with van der Waals surface area (Å²) in [6, 6.07) is 1.55. The van der Waals surface area contributed by atoms with Gasteiger partial charge in [0.05, 0.1) is 18.0 Å². The van der Waals surface area contributed by atoms with E-state index in [1.165, 1.54) is 12.4 Å². The summed E-state index contributed by atoms with van der Waals surface area (Å²) in [5.74, 6) is -0.426. The molecule has 7 heteroatoms. The van der Waals surface area contributed by atoms with Gasteiger partial charge in [0.2, 0.25) is 0 Å². The van der Waals surface area contributed by atoms with Crippen LogP contribution in [0.1, 0.15) is 17.3 Å². The number of rotatable bonds is 4. The third-order valence-corrected chi connectivity index (χ3v) is 2.04. The molecule has 4 N–H and O–H groups in total. The zero-order valence-electron chi connectivity index (χ0n) is 8.79. The minimum Gasteiger partial charge on any atom is -0.409 e. The Morgan fingerprint density at radius 2 is 2.44 bits per heavy atom. The van der Waals surface area contributed by atoms with E-state index in [1.807, 2.05) is 0 Å². The lowest BCUT2D eigenvalue weighted by molar-refractivity contribution is 0.0950. The zero-order valence-corrected chi connectivity index (χ0v) is 8.79. The molecule has 0 radical (unpaired) electrons. The van der Waals surface area contributed by atoms with E-state index in [4.69, 9.17) is 10.9 Å². The topological polar surface area (TPSA) is 113 Å². The average Bonchev–Trinajstić information content (AvgIpc) is 2.35. The molecule has 0 bridgehead atoms. The first kappa shape index (κ1) is 11.9. The smallest absolute Gasteiger partial charge is 0.252 e. The standard InChI is InChI=1S/C9H13N5O2/c1-6(8(10)14-16)4-11-9(15)7-2-3-12-13-5-7/h2-3,5-6,16H,4H2,1H3,(H2,10,14)(H,11,15). The summed E-state index contributed by atoms with van der Waals surface area (Å²) in [5.41, 5.74) is 5.79. The van der Waals surface area contributed by atoms with Crippen molar-refractivity contribution in [1.82, 2.24) is 15.5 Å². The van der Waals surface area contributed by atoms with E-state index < -0.39 is 0 Å². The highest BCUT2D eigenvalue weighted by atomic mass is 16.4. The van der Waals surface area contributed by atoms with Crippen LogP contribution in [0.25, 0.3) is 0 Å². The lowest BCUT2D eigenvalue weighted by atomic mass is 10.1. The fourth-order valence-corrected chi connectivity index (χ4v) is 0.976. The predicted octanol–water partition coefficient (Wildman–Crippen LogP) is -0.411. The van der Waals surface area contributed by atoms with E-state index >= 15 is 0 Å². The molecule has 1 amide bonds. The summed E-state index contributed by atoms with van der Waals surface area (Å²) >= 11 is 0. The van der Waals surface area contributed by atoms with Crippen molar-refractivity contribution < 1.29 is 10.0 Å². The molecule has 1 aromatic rings. The maximum Gasteiger partial charge on any atom is 0.252 e. The Hall–Kier alpha value is -2.18. The lowest BCUT2D eigenvalue weighted by Gasteiger charge is -2.10. The molecule has 1 aromatic heterocycles. The highest BCUT2D eigenvalue weighted by Gasteiger charge is 2.10. The summed E-state index contributed by atoms with van der Waals surface area (Å²) < 4.78 is 0. The number of amidine groups is 1. The average molecular weight is 223 g/mol. The largest absolute Gasteiger partial charge is 0.409 e. The van der Waals surface area contributed by atoms with Gasteiger partial charge in [-0.3, -0.25) is 4.79 Å². The van der Waals surface area contributed by atoms with Crippen molar-refractivity contribution in [2.75, 3.05) is 6.54 Å². The monoisotopic (exact) mass is 223 g/mol. The molecule has 16 heavy (non-hydrogen) atoms. The highest BCUT2D eigenvalue weighted by molar-refractivity contribution is 5.94. The number of hydrogen-bond acceptors (Lipinski definition) is 5. The van der Waals surface area contributed by atoms with Crippen LogP contribution in [-0.2, 0) is 0 Å². The molecule has 0 saturated carbocycles. The van der Waals surface area contributed by atoms with E-state index in [0.717, 1.165) is 0 Å². The predicted molar refractivity (Wildman–Crippen MR) is 56.9 cm³/mol. The van der Waals surface area contributed by atoms with Crippen molar-refractivity contribution in [3.8, 4) is 0 Å². The number of nitrogens with one attached hydrogen (secondary N) is 1. The van der Waals surface area contributed by atoms with Crippen LogP contribution in [0.15, 0.2) is 23.6 Å². The number of aromatic nitrogens is 2. The molecule has 1 rings (SSSR count). The van der Waals surface area contributed by atoms with Crippen LogP contribution in [0.3, 0.4) is 0 Å². The quantitative estimate of drug-likeness (QED) is 0.278. The lowest BCUT2D eigenvalue weighted by Crippen LogP contribution is -2.34. The van der Waals surface area contributed by atoms with Gasteiger partial charge in [-0.05, 0) is 6.07 Å². The van der Waals surface area contributed by atoms with Gasteiger partial charge >= 0.3 is 0 Å². The summed E-state index contributed by atoms with van der Waals surface area (Å²) in [6.07, 6.45) is 2.80. The van der Waals surface area contributed by atoms with Crippen molar-refractivity contribution in [3.63, 3.8) is 0 Å². The maximum atomic E-state index is 11.5. The minimum absolute atomic E-state index is 0.0770. The number of hydrogen-bond donors (Lipinski definition) is 3. The first-order valence-electron chi connectivity index (χ1n) is 4.67. The Morgan fingerprint density at radius 1 is 1.69 bits per heavy atom. The van der Waals surface area contributed by atoms with Crippen molar-refractivity contribution in [2.24, 2.45) is 16.8 Å². The van der Waals surface area contributed by atoms with E-state index in [2.05, 4.69) is 20.7 Å². The van der Waals surface area contributed by atoms with Crippen molar-refractivity contribution >= 4 is 11.7 Å². The number of amides is 1. The SMILES string of the molecule is CC(CNC(=O)c1ccnnc1)/C(N)=N/O. The molecule has 1 heterocycles.